The second-order valence-corrected chi connectivity index (χ2v) is 5.60. The van der Waals surface area contributed by atoms with E-state index in [1.54, 1.807) is 18.2 Å². The maximum atomic E-state index is 12.4. The van der Waals surface area contributed by atoms with Crippen LogP contribution in [0.15, 0.2) is 57.7 Å². The van der Waals surface area contributed by atoms with Crippen LogP contribution in [-0.2, 0) is 0 Å². The van der Waals surface area contributed by atoms with E-state index in [-0.39, 0.29) is 5.43 Å². The standard InChI is InChI=1S/C19H17ClO4/c1-22-16-4-2-5-17-19(16)15(21)12-18(24-17)13-6-8-14(9-7-13)23-11-3-10-20/h2,4-9,12H,3,10-11H2,1H3. The number of hydrogen-bond acceptors (Lipinski definition) is 4. The van der Waals surface area contributed by atoms with Crippen LogP contribution in [0.2, 0.25) is 0 Å². The number of rotatable bonds is 6. The number of alkyl halides is 1. The molecule has 0 saturated heterocycles. The van der Waals surface area contributed by atoms with E-state index in [4.69, 9.17) is 25.5 Å². The Morgan fingerprint density at radius 2 is 1.92 bits per heavy atom. The lowest BCUT2D eigenvalue weighted by molar-refractivity contribution is 0.318. The summed E-state index contributed by atoms with van der Waals surface area (Å²) in [5.41, 5.74) is 1.17. The summed E-state index contributed by atoms with van der Waals surface area (Å²) in [7, 11) is 1.53. The van der Waals surface area contributed by atoms with Gasteiger partial charge in [0.25, 0.3) is 0 Å². The molecule has 0 saturated carbocycles. The van der Waals surface area contributed by atoms with Gasteiger partial charge in [0.05, 0.1) is 13.7 Å². The predicted octanol–water partition coefficient (Wildman–Crippen LogP) is 4.48. The highest BCUT2D eigenvalue weighted by Gasteiger charge is 2.11. The first-order valence-corrected chi connectivity index (χ1v) is 8.16. The first-order valence-electron chi connectivity index (χ1n) is 7.63. The third kappa shape index (κ3) is 3.39. The largest absolute Gasteiger partial charge is 0.496 e. The fraction of sp³-hybridized carbons (Fsp3) is 0.211. The van der Waals surface area contributed by atoms with Gasteiger partial charge in [0.1, 0.15) is 28.2 Å². The molecule has 3 aromatic rings. The van der Waals surface area contributed by atoms with Gasteiger partial charge < -0.3 is 13.9 Å². The van der Waals surface area contributed by atoms with Crippen molar-refractivity contribution in [3.8, 4) is 22.8 Å². The summed E-state index contributed by atoms with van der Waals surface area (Å²) in [4.78, 5) is 12.4. The van der Waals surface area contributed by atoms with Crippen LogP contribution in [0.5, 0.6) is 11.5 Å². The summed E-state index contributed by atoms with van der Waals surface area (Å²) >= 11 is 5.63. The molecule has 1 heterocycles. The average molecular weight is 345 g/mol. The Morgan fingerprint density at radius 3 is 2.62 bits per heavy atom. The normalized spacial score (nSPS) is 10.8. The van der Waals surface area contributed by atoms with Crippen LogP contribution in [0.3, 0.4) is 0 Å². The zero-order chi connectivity index (χ0) is 16.9. The van der Waals surface area contributed by atoms with Crippen molar-refractivity contribution in [2.75, 3.05) is 19.6 Å². The van der Waals surface area contributed by atoms with Gasteiger partial charge in [-0.2, -0.15) is 0 Å². The van der Waals surface area contributed by atoms with Gasteiger partial charge in [-0.05, 0) is 42.8 Å². The SMILES string of the molecule is COc1cccc2oc(-c3ccc(OCCCCl)cc3)cc(=O)c12. The first-order chi connectivity index (χ1) is 11.7. The number of halogens is 1. The summed E-state index contributed by atoms with van der Waals surface area (Å²) in [6.07, 6.45) is 0.796. The van der Waals surface area contributed by atoms with Crippen LogP contribution < -0.4 is 14.9 Å². The second kappa shape index (κ2) is 7.41. The maximum Gasteiger partial charge on any atom is 0.197 e. The van der Waals surface area contributed by atoms with E-state index in [1.165, 1.54) is 13.2 Å². The third-order valence-electron chi connectivity index (χ3n) is 3.62. The lowest BCUT2D eigenvalue weighted by atomic mass is 10.1. The minimum Gasteiger partial charge on any atom is -0.496 e. The minimum atomic E-state index is -0.133. The van der Waals surface area contributed by atoms with Gasteiger partial charge in [0, 0.05) is 17.5 Å². The maximum absolute atomic E-state index is 12.4. The molecule has 0 atom stereocenters. The van der Waals surface area contributed by atoms with Gasteiger partial charge >= 0.3 is 0 Å². The summed E-state index contributed by atoms with van der Waals surface area (Å²) in [6.45, 7) is 0.577. The van der Waals surface area contributed by atoms with Crippen molar-refractivity contribution in [3.05, 3.63) is 58.8 Å². The summed E-state index contributed by atoms with van der Waals surface area (Å²) in [6, 6.07) is 14.2. The molecule has 0 aliphatic carbocycles. The lowest BCUT2D eigenvalue weighted by Crippen LogP contribution is -2.02. The molecular weight excluding hydrogens is 328 g/mol. The molecule has 24 heavy (non-hydrogen) atoms. The molecule has 124 valence electrons. The fourth-order valence-electron chi connectivity index (χ4n) is 2.45. The highest BCUT2D eigenvalue weighted by Crippen LogP contribution is 2.28. The van der Waals surface area contributed by atoms with Crippen LogP contribution in [0, 0.1) is 0 Å². The average Bonchev–Trinajstić information content (AvgIpc) is 2.62. The summed E-state index contributed by atoms with van der Waals surface area (Å²) in [5, 5.41) is 0.449. The van der Waals surface area contributed by atoms with Crippen molar-refractivity contribution < 1.29 is 13.9 Å². The van der Waals surface area contributed by atoms with Gasteiger partial charge in [-0.3, -0.25) is 4.79 Å². The van der Waals surface area contributed by atoms with Crippen LogP contribution in [0.1, 0.15) is 6.42 Å². The molecule has 0 bridgehead atoms. The molecule has 0 radical (unpaired) electrons. The third-order valence-corrected chi connectivity index (χ3v) is 3.89. The molecule has 0 aliphatic rings. The highest BCUT2D eigenvalue weighted by molar-refractivity contribution is 6.17. The molecule has 0 spiro atoms. The Bertz CT molecular complexity index is 884. The van der Waals surface area contributed by atoms with Crippen molar-refractivity contribution >= 4 is 22.6 Å². The van der Waals surface area contributed by atoms with Gasteiger partial charge in [0.15, 0.2) is 5.43 Å². The van der Waals surface area contributed by atoms with Gasteiger partial charge in [0.2, 0.25) is 0 Å². The number of methoxy groups -OCH3 is 1. The zero-order valence-corrected chi connectivity index (χ0v) is 14.0. The van der Waals surface area contributed by atoms with E-state index in [0.717, 1.165) is 17.7 Å². The summed E-state index contributed by atoms with van der Waals surface area (Å²) in [5.74, 6) is 2.35. The molecule has 3 rings (SSSR count). The van der Waals surface area contributed by atoms with E-state index >= 15 is 0 Å². The monoisotopic (exact) mass is 344 g/mol. The van der Waals surface area contributed by atoms with Crippen molar-refractivity contribution in [1.82, 2.24) is 0 Å². The van der Waals surface area contributed by atoms with Crippen molar-refractivity contribution in [3.63, 3.8) is 0 Å². The quantitative estimate of drug-likeness (QED) is 0.489. The van der Waals surface area contributed by atoms with Crippen molar-refractivity contribution in [2.45, 2.75) is 6.42 Å². The zero-order valence-electron chi connectivity index (χ0n) is 13.3. The van der Waals surface area contributed by atoms with E-state index in [9.17, 15) is 4.79 Å². The van der Waals surface area contributed by atoms with E-state index in [2.05, 4.69) is 0 Å². The van der Waals surface area contributed by atoms with Gasteiger partial charge in [-0.25, -0.2) is 0 Å². The fourth-order valence-corrected chi connectivity index (χ4v) is 2.56. The number of fused-ring (bicyclic) bond motifs is 1. The Morgan fingerprint density at radius 1 is 1.12 bits per heavy atom. The van der Waals surface area contributed by atoms with Crippen LogP contribution >= 0.6 is 11.6 Å². The molecule has 0 fully saturated rings. The smallest absolute Gasteiger partial charge is 0.197 e. The van der Waals surface area contributed by atoms with Gasteiger partial charge in [-0.15, -0.1) is 11.6 Å². The Balaban J connectivity index is 1.94. The van der Waals surface area contributed by atoms with Crippen LogP contribution in [0.4, 0.5) is 0 Å². The topological polar surface area (TPSA) is 48.7 Å². The first kappa shape index (κ1) is 16.4. The van der Waals surface area contributed by atoms with Crippen molar-refractivity contribution in [2.24, 2.45) is 0 Å². The lowest BCUT2D eigenvalue weighted by Gasteiger charge is -2.08. The van der Waals surface area contributed by atoms with Crippen LogP contribution in [-0.4, -0.2) is 19.6 Å². The van der Waals surface area contributed by atoms with E-state index in [1.807, 2.05) is 24.3 Å². The molecule has 0 N–H and O–H groups in total. The van der Waals surface area contributed by atoms with Gasteiger partial charge in [-0.1, -0.05) is 6.07 Å². The molecule has 0 amide bonds. The Kier molecular flexibility index (Phi) is 5.06. The molecular formula is C19H17ClO4. The predicted molar refractivity (Wildman–Crippen MR) is 95.3 cm³/mol. The molecule has 5 heteroatoms. The van der Waals surface area contributed by atoms with E-state index < -0.39 is 0 Å². The molecule has 4 nitrogen and oxygen atoms in total. The van der Waals surface area contributed by atoms with Crippen LogP contribution in [0.25, 0.3) is 22.3 Å². The molecule has 1 aromatic heterocycles. The molecule has 0 aliphatic heterocycles. The van der Waals surface area contributed by atoms with Crippen molar-refractivity contribution in [1.29, 1.82) is 0 Å². The summed E-state index contributed by atoms with van der Waals surface area (Å²) < 4.78 is 16.7. The second-order valence-electron chi connectivity index (χ2n) is 5.22. The molecule has 2 aromatic carbocycles. The highest BCUT2D eigenvalue weighted by atomic mass is 35.5. The number of ether oxygens (including phenoxy) is 2. The Labute approximate surface area is 144 Å². The number of benzene rings is 2. The Hall–Kier alpha value is -2.46. The molecule has 0 unspecified atom stereocenters. The number of hydrogen-bond donors (Lipinski definition) is 0. The van der Waals surface area contributed by atoms with E-state index in [0.29, 0.717) is 35.0 Å². The minimum absolute atomic E-state index is 0.133.